The lowest BCUT2D eigenvalue weighted by Gasteiger charge is -2.33. The van der Waals surface area contributed by atoms with Crippen molar-refractivity contribution >= 4 is 18.0 Å². The highest BCUT2D eigenvalue weighted by atomic mass is 16.6. The Hall–Kier alpha value is -2.62. The number of ether oxygens (including phenoxy) is 1. The van der Waals surface area contributed by atoms with Gasteiger partial charge in [-0.05, 0) is 30.9 Å². The quantitative estimate of drug-likeness (QED) is 0.763. The Morgan fingerprint density at radius 1 is 1.27 bits per heavy atom. The molecule has 1 aliphatic carbocycles. The Labute approximate surface area is 154 Å². The highest BCUT2D eigenvalue weighted by Crippen LogP contribution is 2.29. The van der Waals surface area contributed by atoms with Crippen molar-refractivity contribution in [1.82, 2.24) is 4.90 Å². The number of cyclic esters (lactones) is 1. The molecule has 0 aromatic heterocycles. The van der Waals surface area contributed by atoms with Crippen LogP contribution in [0.15, 0.2) is 60.2 Å². The number of ketones is 1. The van der Waals surface area contributed by atoms with Crippen molar-refractivity contribution in [2.75, 3.05) is 6.61 Å². The average molecular weight is 351 g/mol. The van der Waals surface area contributed by atoms with Gasteiger partial charge in [-0.1, -0.05) is 67.6 Å². The van der Waals surface area contributed by atoms with E-state index in [2.05, 4.69) is 12.2 Å². The number of benzene rings is 1. The van der Waals surface area contributed by atoms with Gasteiger partial charge in [0.05, 0.1) is 6.04 Å². The Morgan fingerprint density at radius 2 is 2.04 bits per heavy atom. The maximum atomic E-state index is 12.4. The lowest BCUT2D eigenvalue weighted by atomic mass is 9.92. The smallest absolute Gasteiger partial charge is 0.411 e. The van der Waals surface area contributed by atoms with Gasteiger partial charge in [0.15, 0.2) is 5.78 Å². The van der Waals surface area contributed by atoms with E-state index in [0.29, 0.717) is 6.61 Å². The molecule has 1 aromatic carbocycles. The largest absolute Gasteiger partial charge is 0.447 e. The molecule has 1 aliphatic heterocycles. The zero-order chi connectivity index (χ0) is 18.5. The maximum Gasteiger partial charge on any atom is 0.411 e. The summed E-state index contributed by atoms with van der Waals surface area (Å²) in [5.74, 6) is -0.145. The van der Waals surface area contributed by atoms with Crippen molar-refractivity contribution in [3.63, 3.8) is 0 Å². The van der Waals surface area contributed by atoms with Gasteiger partial charge in [-0.15, -0.1) is 0 Å². The van der Waals surface area contributed by atoms with Gasteiger partial charge in [-0.2, -0.15) is 0 Å². The molecule has 1 fully saturated rings. The second-order valence-corrected chi connectivity index (χ2v) is 6.87. The molecule has 1 heterocycles. The fourth-order valence-corrected chi connectivity index (χ4v) is 3.63. The molecule has 1 aromatic rings. The number of hydrogen-bond donors (Lipinski definition) is 0. The van der Waals surface area contributed by atoms with Crippen LogP contribution >= 0.6 is 0 Å². The fourth-order valence-electron chi connectivity index (χ4n) is 3.63. The molecule has 4 nitrogen and oxygen atoms in total. The van der Waals surface area contributed by atoms with Crippen LogP contribution < -0.4 is 0 Å². The highest BCUT2D eigenvalue weighted by molar-refractivity contribution is 5.87. The molecule has 0 bridgehead atoms. The summed E-state index contributed by atoms with van der Waals surface area (Å²) in [6.07, 6.45) is 11.8. The molecule has 0 saturated carbocycles. The van der Waals surface area contributed by atoms with E-state index in [9.17, 15) is 9.59 Å². The van der Waals surface area contributed by atoms with Crippen LogP contribution in [0.25, 0.3) is 6.08 Å². The molecule has 3 atom stereocenters. The van der Waals surface area contributed by atoms with E-state index >= 15 is 0 Å². The Balaban J connectivity index is 1.84. The summed E-state index contributed by atoms with van der Waals surface area (Å²) in [6.45, 7) is 3.82. The molecule has 0 spiro atoms. The topological polar surface area (TPSA) is 46.6 Å². The highest BCUT2D eigenvalue weighted by Gasteiger charge is 2.43. The number of carbonyl (C=O) groups excluding carboxylic acids is 2. The lowest BCUT2D eigenvalue weighted by Crippen LogP contribution is -2.49. The fraction of sp³-hybridized carbons (Fsp3) is 0.364. The van der Waals surface area contributed by atoms with E-state index in [4.69, 9.17) is 4.74 Å². The van der Waals surface area contributed by atoms with Crippen molar-refractivity contribution in [1.29, 1.82) is 0 Å². The van der Waals surface area contributed by atoms with Crippen LogP contribution in [-0.4, -0.2) is 35.5 Å². The van der Waals surface area contributed by atoms with E-state index in [1.807, 2.05) is 55.5 Å². The van der Waals surface area contributed by atoms with E-state index in [-0.39, 0.29) is 17.7 Å². The van der Waals surface area contributed by atoms with Crippen LogP contribution in [0.2, 0.25) is 0 Å². The molecule has 1 amide bonds. The van der Waals surface area contributed by atoms with Crippen LogP contribution in [0, 0.1) is 5.92 Å². The molecule has 4 heteroatoms. The molecule has 3 rings (SSSR count). The molecule has 2 aliphatic rings. The first-order chi connectivity index (χ1) is 12.6. The number of nitrogens with zero attached hydrogens (tertiary/aromatic N) is 1. The third kappa shape index (κ3) is 3.96. The van der Waals surface area contributed by atoms with Crippen molar-refractivity contribution in [3.8, 4) is 0 Å². The molecule has 1 saturated heterocycles. The van der Waals surface area contributed by atoms with Gasteiger partial charge < -0.3 is 4.74 Å². The summed E-state index contributed by atoms with van der Waals surface area (Å²) in [6, 6.07) is 9.21. The predicted octanol–water partition coefficient (Wildman–Crippen LogP) is 4.39. The van der Waals surface area contributed by atoms with Crippen LogP contribution in [0.3, 0.4) is 0 Å². The Morgan fingerprint density at radius 3 is 2.69 bits per heavy atom. The monoisotopic (exact) mass is 351 g/mol. The summed E-state index contributed by atoms with van der Waals surface area (Å²) in [4.78, 5) is 26.5. The molecule has 26 heavy (non-hydrogen) atoms. The van der Waals surface area contributed by atoms with E-state index in [1.165, 1.54) is 0 Å². The summed E-state index contributed by atoms with van der Waals surface area (Å²) in [5.41, 5.74) is 2.13. The number of amides is 1. The first kappa shape index (κ1) is 18.2. The number of hydrogen-bond acceptors (Lipinski definition) is 3. The number of rotatable bonds is 6. The van der Waals surface area contributed by atoms with Gasteiger partial charge in [0.25, 0.3) is 0 Å². The van der Waals surface area contributed by atoms with Gasteiger partial charge in [0, 0.05) is 5.92 Å². The zero-order valence-corrected chi connectivity index (χ0v) is 15.3. The molecule has 0 N–H and O–H groups in total. The van der Waals surface area contributed by atoms with Gasteiger partial charge in [0.2, 0.25) is 0 Å². The first-order valence-electron chi connectivity index (χ1n) is 9.13. The second-order valence-electron chi connectivity index (χ2n) is 6.87. The standard InChI is InChI=1S/C22H25NO3/c1-16(13-14-18-9-5-3-6-10-18)21(17(2)24)23-20(15-26-22(23)25)19-11-7-4-8-12-19/h3,5-7,9-14,16,20-21H,4,8,15H2,1-2H3/b14-13+/t16-,20-,21+/m1/s1. The predicted molar refractivity (Wildman–Crippen MR) is 103 cm³/mol. The van der Waals surface area contributed by atoms with Crippen molar-refractivity contribution in [3.05, 3.63) is 65.8 Å². The third-order valence-electron chi connectivity index (χ3n) is 4.93. The molecule has 136 valence electrons. The van der Waals surface area contributed by atoms with Crippen molar-refractivity contribution in [2.45, 2.75) is 38.8 Å². The Bertz CT molecular complexity index is 748. The summed E-state index contributed by atoms with van der Waals surface area (Å²) < 4.78 is 5.31. The minimum absolute atomic E-state index is 0.0283. The Kier molecular flexibility index (Phi) is 5.71. The number of carbonyl (C=O) groups is 2. The maximum absolute atomic E-state index is 12.4. The molecule has 0 radical (unpaired) electrons. The lowest BCUT2D eigenvalue weighted by molar-refractivity contribution is -0.122. The SMILES string of the molecule is CC(=O)[C@H]([C@H](C)/C=C/c1ccccc1)N1C(=O)OC[C@@H]1C1=CCCC=C1. The van der Waals surface area contributed by atoms with Crippen molar-refractivity contribution in [2.24, 2.45) is 5.92 Å². The van der Waals surface area contributed by atoms with E-state index in [1.54, 1.807) is 11.8 Å². The minimum Gasteiger partial charge on any atom is -0.447 e. The number of allylic oxidation sites excluding steroid dienone is 2. The summed E-state index contributed by atoms with van der Waals surface area (Å²) in [5, 5.41) is 0. The summed E-state index contributed by atoms with van der Waals surface area (Å²) >= 11 is 0. The molecular formula is C22H25NO3. The molecule has 0 unspecified atom stereocenters. The molecular weight excluding hydrogens is 326 g/mol. The van der Waals surface area contributed by atoms with Gasteiger partial charge in [0.1, 0.15) is 12.6 Å². The zero-order valence-electron chi connectivity index (χ0n) is 15.3. The first-order valence-corrected chi connectivity index (χ1v) is 9.13. The van der Waals surface area contributed by atoms with Crippen LogP contribution in [0.5, 0.6) is 0 Å². The van der Waals surface area contributed by atoms with Gasteiger partial charge in [-0.25, -0.2) is 4.79 Å². The average Bonchev–Trinajstić information content (AvgIpc) is 3.03. The van der Waals surface area contributed by atoms with Crippen LogP contribution in [-0.2, 0) is 9.53 Å². The third-order valence-corrected chi connectivity index (χ3v) is 4.93. The summed E-state index contributed by atoms with van der Waals surface area (Å²) in [7, 11) is 0. The van der Waals surface area contributed by atoms with E-state index < -0.39 is 12.1 Å². The number of Topliss-reactive ketones (excluding diaryl/α,β-unsaturated/α-hetero) is 1. The van der Waals surface area contributed by atoms with E-state index in [0.717, 1.165) is 24.0 Å². The van der Waals surface area contributed by atoms with Crippen LogP contribution in [0.4, 0.5) is 4.79 Å². The normalized spacial score (nSPS) is 22.2. The van der Waals surface area contributed by atoms with Gasteiger partial charge >= 0.3 is 6.09 Å². The van der Waals surface area contributed by atoms with Crippen molar-refractivity contribution < 1.29 is 14.3 Å². The van der Waals surface area contributed by atoms with Gasteiger partial charge in [-0.3, -0.25) is 9.69 Å². The second kappa shape index (κ2) is 8.17. The minimum atomic E-state index is -0.536. The van der Waals surface area contributed by atoms with Crippen LogP contribution in [0.1, 0.15) is 32.3 Å².